The Balaban J connectivity index is 1.72. The number of fused-ring (bicyclic) bond motifs is 1. The van der Waals surface area contributed by atoms with Gasteiger partial charge in [0, 0.05) is 36.7 Å². The minimum Gasteiger partial charge on any atom is -0.396 e. The Labute approximate surface area is 193 Å². The summed E-state index contributed by atoms with van der Waals surface area (Å²) in [6.07, 6.45) is 4.45. The Kier molecular flexibility index (Phi) is 6.74. The second kappa shape index (κ2) is 9.70. The molecule has 1 aromatic carbocycles. The van der Waals surface area contributed by atoms with Crippen molar-refractivity contribution >= 4 is 23.0 Å². The Morgan fingerprint density at radius 3 is 2.70 bits per heavy atom. The van der Waals surface area contributed by atoms with E-state index >= 15 is 0 Å². The molecule has 1 aliphatic carbocycles. The van der Waals surface area contributed by atoms with Crippen LogP contribution >= 0.6 is 0 Å². The highest BCUT2D eigenvalue weighted by molar-refractivity contribution is 5.97. The number of hydrogen-bond acceptors (Lipinski definition) is 6. The molecule has 2 heterocycles. The van der Waals surface area contributed by atoms with E-state index in [1.54, 1.807) is 16.8 Å². The van der Waals surface area contributed by atoms with Crippen LogP contribution in [0.2, 0.25) is 0 Å². The highest BCUT2D eigenvalue weighted by atomic mass is 16.3. The maximum atomic E-state index is 12.7. The van der Waals surface area contributed by atoms with Crippen molar-refractivity contribution in [2.45, 2.75) is 52.5 Å². The summed E-state index contributed by atoms with van der Waals surface area (Å²) < 4.78 is 1.69. The van der Waals surface area contributed by atoms with Gasteiger partial charge in [0.1, 0.15) is 5.69 Å². The Hall–Kier alpha value is -3.26. The summed E-state index contributed by atoms with van der Waals surface area (Å²) in [6, 6.07) is 7.72. The van der Waals surface area contributed by atoms with Gasteiger partial charge < -0.3 is 15.7 Å². The number of aromatic nitrogens is 3. The molecular formula is C25H31N5O3. The number of aliphatic hydroxyl groups excluding tert-OH is 1. The predicted molar refractivity (Wildman–Crippen MR) is 128 cm³/mol. The number of benzene rings is 1. The first-order valence-corrected chi connectivity index (χ1v) is 11.6. The summed E-state index contributed by atoms with van der Waals surface area (Å²) >= 11 is 0. The molecule has 1 saturated carbocycles. The van der Waals surface area contributed by atoms with Crippen molar-refractivity contribution < 1.29 is 14.7 Å². The van der Waals surface area contributed by atoms with Gasteiger partial charge in [0.15, 0.2) is 11.4 Å². The average molecular weight is 450 g/mol. The van der Waals surface area contributed by atoms with E-state index < -0.39 is 0 Å². The zero-order valence-corrected chi connectivity index (χ0v) is 19.4. The van der Waals surface area contributed by atoms with E-state index in [4.69, 9.17) is 5.11 Å². The van der Waals surface area contributed by atoms with Crippen molar-refractivity contribution in [1.29, 1.82) is 0 Å². The number of carbonyl (C=O) groups excluding carboxylic acids is 2. The van der Waals surface area contributed by atoms with Crippen LogP contribution in [0.5, 0.6) is 0 Å². The molecule has 0 radical (unpaired) electrons. The Bertz CT molecular complexity index is 1180. The SMILES string of the molecule is Cc1cc(-c2cnc3c(NCC(C)C)cc(C(=O)CCCO)nn23)ccc1C(=O)NC1CC1. The number of nitrogens with zero attached hydrogens (tertiary/aromatic N) is 3. The number of nitrogens with one attached hydrogen (secondary N) is 2. The summed E-state index contributed by atoms with van der Waals surface area (Å²) in [4.78, 5) is 29.8. The molecule has 0 unspecified atom stereocenters. The second-order valence-electron chi connectivity index (χ2n) is 9.12. The van der Waals surface area contributed by atoms with E-state index in [1.807, 2.05) is 25.1 Å². The number of amides is 1. The Morgan fingerprint density at radius 2 is 2.03 bits per heavy atom. The van der Waals surface area contributed by atoms with Gasteiger partial charge in [-0.25, -0.2) is 9.50 Å². The van der Waals surface area contributed by atoms with Gasteiger partial charge in [0.05, 0.1) is 17.6 Å². The molecule has 8 heteroatoms. The van der Waals surface area contributed by atoms with Gasteiger partial charge >= 0.3 is 0 Å². The third kappa shape index (κ3) is 5.22. The lowest BCUT2D eigenvalue weighted by Gasteiger charge is -2.13. The lowest BCUT2D eigenvalue weighted by atomic mass is 10.0. The highest BCUT2D eigenvalue weighted by Gasteiger charge is 2.24. The van der Waals surface area contributed by atoms with Gasteiger partial charge in [-0.3, -0.25) is 9.59 Å². The van der Waals surface area contributed by atoms with Crippen molar-refractivity contribution in [2.75, 3.05) is 18.5 Å². The molecule has 33 heavy (non-hydrogen) atoms. The quantitative estimate of drug-likeness (QED) is 0.408. The number of ketones is 1. The van der Waals surface area contributed by atoms with Gasteiger partial charge in [-0.2, -0.15) is 5.10 Å². The molecule has 0 saturated heterocycles. The minimum atomic E-state index is -0.124. The topological polar surface area (TPSA) is 109 Å². The minimum absolute atomic E-state index is 0.0390. The molecule has 0 atom stereocenters. The molecule has 0 spiro atoms. The zero-order chi connectivity index (χ0) is 23.5. The largest absolute Gasteiger partial charge is 0.396 e. The molecule has 3 N–H and O–H groups in total. The smallest absolute Gasteiger partial charge is 0.251 e. The molecule has 1 fully saturated rings. The average Bonchev–Trinajstić information content (AvgIpc) is 3.50. The van der Waals surface area contributed by atoms with Gasteiger partial charge in [-0.1, -0.05) is 19.9 Å². The fraction of sp³-hybridized carbons (Fsp3) is 0.440. The van der Waals surface area contributed by atoms with E-state index in [9.17, 15) is 9.59 Å². The summed E-state index contributed by atoms with van der Waals surface area (Å²) in [5.41, 5.74) is 4.85. The number of aliphatic hydroxyl groups is 1. The van der Waals surface area contributed by atoms with E-state index in [0.29, 0.717) is 35.3 Å². The first-order valence-electron chi connectivity index (χ1n) is 11.6. The summed E-state index contributed by atoms with van der Waals surface area (Å²) in [5, 5.41) is 20.1. The van der Waals surface area contributed by atoms with E-state index in [1.165, 1.54) is 0 Å². The predicted octanol–water partition coefficient (Wildman–Crippen LogP) is 3.62. The molecule has 1 aliphatic rings. The maximum Gasteiger partial charge on any atom is 0.251 e. The lowest BCUT2D eigenvalue weighted by Crippen LogP contribution is -2.26. The molecule has 8 nitrogen and oxygen atoms in total. The third-order valence-corrected chi connectivity index (χ3v) is 5.70. The van der Waals surface area contributed by atoms with Crippen LogP contribution in [0.15, 0.2) is 30.5 Å². The molecular weight excluding hydrogens is 418 g/mol. The number of aryl methyl sites for hydroxylation is 1. The fourth-order valence-corrected chi connectivity index (χ4v) is 3.68. The van der Waals surface area contributed by atoms with Crippen LogP contribution in [0.1, 0.15) is 65.9 Å². The van der Waals surface area contributed by atoms with Crippen molar-refractivity contribution in [3.05, 3.63) is 47.3 Å². The number of anilines is 1. The van der Waals surface area contributed by atoms with Crippen LogP contribution in [-0.4, -0.2) is 50.6 Å². The van der Waals surface area contributed by atoms with Gasteiger partial charge in [0.2, 0.25) is 0 Å². The molecule has 174 valence electrons. The summed E-state index contributed by atoms with van der Waals surface area (Å²) in [7, 11) is 0. The van der Waals surface area contributed by atoms with Crippen molar-refractivity contribution in [3.63, 3.8) is 0 Å². The van der Waals surface area contributed by atoms with Crippen LogP contribution in [0.4, 0.5) is 5.69 Å². The molecule has 0 bridgehead atoms. The van der Waals surface area contributed by atoms with Crippen molar-refractivity contribution in [1.82, 2.24) is 19.9 Å². The lowest BCUT2D eigenvalue weighted by molar-refractivity contribution is 0.0947. The molecule has 4 rings (SSSR count). The second-order valence-corrected chi connectivity index (χ2v) is 9.12. The standard InChI is InChI=1S/C25H31N5O3/c1-15(2)13-26-21-12-20(23(32)5-4-10-31)29-30-22(14-27-24(21)30)17-6-9-19(16(3)11-17)25(33)28-18-7-8-18/h6,9,11-12,14-15,18,26,31H,4-5,7-8,10,13H2,1-3H3,(H,28,33). The molecule has 1 amide bonds. The van der Waals surface area contributed by atoms with Crippen molar-refractivity contribution in [3.8, 4) is 11.3 Å². The third-order valence-electron chi connectivity index (χ3n) is 5.70. The molecule has 0 aliphatic heterocycles. The monoisotopic (exact) mass is 449 g/mol. The van der Waals surface area contributed by atoms with Crippen LogP contribution in [0, 0.1) is 12.8 Å². The van der Waals surface area contributed by atoms with Crippen LogP contribution in [0.3, 0.4) is 0 Å². The van der Waals surface area contributed by atoms with Gasteiger partial charge in [0.25, 0.3) is 5.91 Å². The number of Topliss-reactive ketones (excluding diaryl/α,β-unsaturated/α-hetero) is 1. The summed E-state index contributed by atoms with van der Waals surface area (Å²) in [5.74, 6) is 0.245. The number of imidazole rings is 1. The number of rotatable bonds is 10. The van der Waals surface area contributed by atoms with Crippen LogP contribution in [0.25, 0.3) is 16.9 Å². The highest BCUT2D eigenvalue weighted by Crippen LogP contribution is 2.27. The normalized spacial score (nSPS) is 13.5. The van der Waals surface area contributed by atoms with Gasteiger partial charge in [-0.15, -0.1) is 0 Å². The maximum absolute atomic E-state index is 12.7. The van der Waals surface area contributed by atoms with Crippen molar-refractivity contribution in [2.24, 2.45) is 5.92 Å². The van der Waals surface area contributed by atoms with Gasteiger partial charge in [-0.05, 0) is 55.9 Å². The van der Waals surface area contributed by atoms with E-state index in [2.05, 4.69) is 34.6 Å². The van der Waals surface area contributed by atoms with E-state index in [0.717, 1.165) is 41.9 Å². The fourth-order valence-electron chi connectivity index (χ4n) is 3.68. The number of carbonyl (C=O) groups is 2. The Morgan fingerprint density at radius 1 is 1.24 bits per heavy atom. The molecule has 3 aromatic rings. The van der Waals surface area contributed by atoms with E-state index in [-0.39, 0.29) is 24.7 Å². The number of hydrogen-bond donors (Lipinski definition) is 3. The first-order chi connectivity index (χ1) is 15.9. The van der Waals surface area contributed by atoms with Crippen LogP contribution in [-0.2, 0) is 0 Å². The first kappa shape index (κ1) is 22.9. The zero-order valence-electron chi connectivity index (χ0n) is 19.4. The van der Waals surface area contributed by atoms with Crippen LogP contribution < -0.4 is 10.6 Å². The summed E-state index contributed by atoms with van der Waals surface area (Å²) in [6.45, 7) is 6.83. The molecule has 2 aromatic heterocycles.